The maximum Gasteiger partial charge on any atom is 0.166 e. The molecule has 0 aliphatic carbocycles. The molecule has 0 amide bonds. The van der Waals surface area contributed by atoms with Gasteiger partial charge in [-0.1, -0.05) is 92.2 Å². The second-order valence-electron chi connectivity index (χ2n) is 7.65. The number of imidazole rings is 2. The van der Waals surface area contributed by atoms with Crippen molar-refractivity contribution >= 4 is 11.8 Å². The fourth-order valence-corrected chi connectivity index (χ4v) is 4.68. The van der Waals surface area contributed by atoms with Crippen LogP contribution in [-0.2, 0) is 13.0 Å². The number of nitrogens with one attached hydrogen (secondary N) is 1. The topological polar surface area (TPSA) is 46.5 Å². The van der Waals surface area contributed by atoms with Crippen LogP contribution >= 0.6 is 11.8 Å². The van der Waals surface area contributed by atoms with E-state index in [2.05, 4.69) is 76.2 Å². The van der Waals surface area contributed by atoms with Crippen molar-refractivity contribution in [2.75, 3.05) is 5.75 Å². The molecule has 4 aromatic rings. The second-order valence-corrected chi connectivity index (χ2v) is 8.73. The molecule has 0 atom stereocenters. The summed E-state index contributed by atoms with van der Waals surface area (Å²) in [6.07, 6.45) is 9.93. The van der Waals surface area contributed by atoms with Crippen molar-refractivity contribution in [3.05, 3.63) is 78.9 Å². The fourth-order valence-electron chi connectivity index (χ4n) is 3.80. The van der Waals surface area contributed by atoms with Crippen molar-refractivity contribution in [3.8, 4) is 22.5 Å². The van der Waals surface area contributed by atoms with E-state index in [0.29, 0.717) is 0 Å². The quantitative estimate of drug-likeness (QED) is 0.209. The van der Waals surface area contributed by atoms with Crippen LogP contribution in [0.1, 0.15) is 38.4 Å². The molecule has 160 valence electrons. The van der Waals surface area contributed by atoms with Crippen LogP contribution < -0.4 is 0 Å². The maximum absolute atomic E-state index is 4.94. The van der Waals surface area contributed by atoms with Crippen molar-refractivity contribution in [1.82, 2.24) is 19.5 Å². The Morgan fingerprint density at radius 1 is 0.871 bits per heavy atom. The first-order valence-electron chi connectivity index (χ1n) is 11.2. The molecular formula is C26H30N4S. The summed E-state index contributed by atoms with van der Waals surface area (Å²) in [6.45, 7) is 3.24. The lowest BCUT2D eigenvalue weighted by molar-refractivity contribution is 0.567. The average Bonchev–Trinajstić information content (AvgIpc) is 3.46. The third-order valence-electron chi connectivity index (χ3n) is 5.44. The first-order chi connectivity index (χ1) is 15.3. The van der Waals surface area contributed by atoms with E-state index in [-0.39, 0.29) is 0 Å². The molecule has 0 fully saturated rings. The van der Waals surface area contributed by atoms with Crippen LogP contribution in [-0.4, -0.2) is 25.3 Å². The molecule has 2 heterocycles. The van der Waals surface area contributed by atoms with E-state index < -0.39 is 0 Å². The molecule has 0 aliphatic heterocycles. The Hall–Kier alpha value is -2.79. The molecule has 2 aromatic carbocycles. The first kappa shape index (κ1) is 21.4. The Balaban J connectivity index is 1.30. The van der Waals surface area contributed by atoms with Crippen molar-refractivity contribution < 1.29 is 0 Å². The van der Waals surface area contributed by atoms with Crippen molar-refractivity contribution in [2.45, 2.75) is 50.7 Å². The summed E-state index contributed by atoms with van der Waals surface area (Å²) >= 11 is 1.82. The van der Waals surface area contributed by atoms with E-state index in [0.717, 1.165) is 40.8 Å². The van der Waals surface area contributed by atoms with Crippen LogP contribution in [0.2, 0.25) is 0 Å². The van der Waals surface area contributed by atoms with Gasteiger partial charge in [-0.25, -0.2) is 9.97 Å². The Kier molecular flexibility index (Phi) is 7.61. The van der Waals surface area contributed by atoms with E-state index in [1.54, 1.807) is 0 Å². The van der Waals surface area contributed by atoms with Crippen LogP contribution in [0.25, 0.3) is 22.5 Å². The Morgan fingerprint density at radius 3 is 2.32 bits per heavy atom. The summed E-state index contributed by atoms with van der Waals surface area (Å²) in [5, 5.41) is 1.00. The lowest BCUT2D eigenvalue weighted by atomic mass is 10.1. The fraction of sp³-hybridized carbons (Fsp3) is 0.308. The molecule has 0 aliphatic rings. The molecule has 1 N–H and O–H groups in total. The van der Waals surface area contributed by atoms with E-state index in [4.69, 9.17) is 4.98 Å². The number of benzene rings is 2. The number of aryl methyl sites for hydroxylation is 2. The number of H-pyrrole nitrogens is 1. The van der Waals surface area contributed by atoms with Gasteiger partial charge >= 0.3 is 0 Å². The van der Waals surface area contributed by atoms with Gasteiger partial charge in [0.15, 0.2) is 5.16 Å². The Bertz CT molecular complexity index is 996. The van der Waals surface area contributed by atoms with Crippen molar-refractivity contribution in [3.63, 3.8) is 0 Å². The Labute approximate surface area is 189 Å². The summed E-state index contributed by atoms with van der Waals surface area (Å²) in [6, 6.07) is 20.9. The van der Waals surface area contributed by atoms with E-state index in [1.165, 1.54) is 37.1 Å². The lowest BCUT2D eigenvalue weighted by Gasteiger charge is -2.06. The summed E-state index contributed by atoms with van der Waals surface area (Å²) in [5.41, 5.74) is 4.45. The number of hydrogen-bond acceptors (Lipinski definition) is 3. The largest absolute Gasteiger partial charge is 0.335 e. The smallest absolute Gasteiger partial charge is 0.166 e. The second kappa shape index (κ2) is 11.0. The van der Waals surface area contributed by atoms with Gasteiger partial charge in [0.2, 0.25) is 0 Å². The molecule has 0 unspecified atom stereocenters. The summed E-state index contributed by atoms with van der Waals surface area (Å²) < 4.78 is 2.29. The normalized spacial score (nSPS) is 11.1. The van der Waals surface area contributed by atoms with E-state index in [1.807, 2.05) is 30.1 Å². The van der Waals surface area contributed by atoms with E-state index >= 15 is 0 Å². The van der Waals surface area contributed by atoms with Crippen LogP contribution in [0.15, 0.2) is 78.2 Å². The summed E-state index contributed by atoms with van der Waals surface area (Å²) in [7, 11) is 0. The van der Waals surface area contributed by atoms with Gasteiger partial charge < -0.3 is 9.55 Å². The molecule has 0 spiro atoms. The van der Waals surface area contributed by atoms with Crippen LogP contribution in [0.5, 0.6) is 0 Å². The summed E-state index contributed by atoms with van der Waals surface area (Å²) in [4.78, 5) is 12.9. The molecule has 0 bridgehead atoms. The number of nitrogens with zero attached hydrogens (tertiary/aromatic N) is 3. The minimum absolute atomic E-state index is 1.00. The first-order valence-corrected chi connectivity index (χ1v) is 12.2. The number of aromatic nitrogens is 4. The molecular weight excluding hydrogens is 400 g/mol. The van der Waals surface area contributed by atoms with Gasteiger partial charge in [0, 0.05) is 42.2 Å². The predicted octanol–water partition coefficient (Wildman–Crippen LogP) is 6.86. The number of aromatic amines is 1. The molecule has 0 saturated heterocycles. The monoisotopic (exact) mass is 430 g/mol. The highest BCUT2D eigenvalue weighted by atomic mass is 32.2. The standard InChI is InChI=1S/C26H30N4S/c1-2-23-27-17-19-30(23)18-11-3-4-12-20-31-26-28-24(21-13-7-5-8-14-21)25(29-26)22-15-9-6-10-16-22/h5-10,13-17,19H,2-4,11-12,18,20H2,1H3,(H,28,29). The molecule has 4 nitrogen and oxygen atoms in total. The average molecular weight is 431 g/mol. The highest BCUT2D eigenvalue weighted by Crippen LogP contribution is 2.32. The van der Waals surface area contributed by atoms with Gasteiger partial charge in [-0.3, -0.25) is 0 Å². The number of unbranched alkanes of at least 4 members (excludes halogenated alkanes) is 3. The highest BCUT2D eigenvalue weighted by Gasteiger charge is 2.14. The third kappa shape index (κ3) is 5.67. The molecule has 0 radical (unpaired) electrons. The molecule has 2 aromatic heterocycles. The third-order valence-corrected chi connectivity index (χ3v) is 6.40. The van der Waals surface area contributed by atoms with Crippen molar-refractivity contribution in [1.29, 1.82) is 0 Å². The highest BCUT2D eigenvalue weighted by molar-refractivity contribution is 7.99. The van der Waals surface area contributed by atoms with Gasteiger partial charge in [0.05, 0.1) is 11.4 Å². The minimum Gasteiger partial charge on any atom is -0.335 e. The SMILES string of the molecule is CCc1nccn1CCCCCCSc1nc(-c2ccccc2)c(-c2ccccc2)[nH]1. The van der Waals surface area contributed by atoms with Gasteiger partial charge in [-0.2, -0.15) is 0 Å². The predicted molar refractivity (Wildman–Crippen MR) is 130 cm³/mol. The van der Waals surface area contributed by atoms with Crippen LogP contribution in [0.3, 0.4) is 0 Å². The molecule has 0 saturated carbocycles. The zero-order valence-corrected chi connectivity index (χ0v) is 18.9. The Morgan fingerprint density at radius 2 is 1.58 bits per heavy atom. The van der Waals surface area contributed by atoms with Gasteiger partial charge in [-0.05, 0) is 12.8 Å². The van der Waals surface area contributed by atoms with Crippen molar-refractivity contribution in [2.24, 2.45) is 0 Å². The summed E-state index contributed by atoms with van der Waals surface area (Å²) in [5.74, 6) is 2.28. The zero-order valence-electron chi connectivity index (χ0n) is 18.1. The van der Waals surface area contributed by atoms with Crippen LogP contribution in [0, 0.1) is 0 Å². The molecule has 31 heavy (non-hydrogen) atoms. The number of hydrogen-bond donors (Lipinski definition) is 1. The van der Waals surface area contributed by atoms with Gasteiger partial charge in [0.25, 0.3) is 0 Å². The minimum atomic E-state index is 1.00. The maximum atomic E-state index is 4.94. The van der Waals surface area contributed by atoms with Gasteiger partial charge in [-0.15, -0.1) is 0 Å². The zero-order chi connectivity index (χ0) is 21.3. The lowest BCUT2D eigenvalue weighted by Crippen LogP contribution is -2.02. The van der Waals surface area contributed by atoms with Crippen LogP contribution in [0.4, 0.5) is 0 Å². The number of thioether (sulfide) groups is 1. The number of rotatable bonds is 11. The van der Waals surface area contributed by atoms with E-state index in [9.17, 15) is 0 Å². The van der Waals surface area contributed by atoms with Gasteiger partial charge in [0.1, 0.15) is 5.82 Å². The molecule has 4 rings (SSSR count). The molecule has 5 heteroatoms.